The number of allylic oxidation sites excluding steroid dienone is 3. The first-order valence-corrected chi connectivity index (χ1v) is 22.1. The van der Waals surface area contributed by atoms with Crippen molar-refractivity contribution in [3.8, 4) is 11.8 Å². The van der Waals surface area contributed by atoms with Gasteiger partial charge in [-0.15, -0.1) is 5.92 Å². The lowest BCUT2D eigenvalue weighted by Gasteiger charge is -2.47. The van der Waals surface area contributed by atoms with Crippen LogP contribution in [0.3, 0.4) is 0 Å². The number of fused-ring (bicyclic) bond motifs is 3. The highest BCUT2D eigenvalue weighted by Gasteiger charge is 2.56. The van der Waals surface area contributed by atoms with Crippen molar-refractivity contribution in [3.63, 3.8) is 0 Å². The summed E-state index contributed by atoms with van der Waals surface area (Å²) < 4.78 is 36.2. The van der Waals surface area contributed by atoms with Gasteiger partial charge in [0.2, 0.25) is 5.79 Å². The molecule has 1 saturated carbocycles. The van der Waals surface area contributed by atoms with Crippen molar-refractivity contribution >= 4 is 23.4 Å². The van der Waals surface area contributed by atoms with E-state index in [9.17, 15) is 29.4 Å². The maximum Gasteiger partial charge on any atom is 0.329 e. The number of hydrogen-bond acceptors (Lipinski definition) is 12. The third-order valence-electron chi connectivity index (χ3n) is 13.4. The van der Waals surface area contributed by atoms with Crippen LogP contribution in [0.5, 0.6) is 0 Å². The number of cyclic esters (lactones) is 1. The number of carbonyl (C=O) groups excluding carboxylic acids is 4. The third kappa shape index (κ3) is 12.1. The Hall–Kier alpha value is -2.96. The van der Waals surface area contributed by atoms with E-state index in [0.717, 1.165) is 18.4 Å². The van der Waals surface area contributed by atoms with E-state index in [0.29, 0.717) is 50.7 Å². The molecule has 4 aliphatic rings. The molecule has 0 spiro atoms. The summed E-state index contributed by atoms with van der Waals surface area (Å²) in [7, 11) is 4.73. The molecular formula is C47H73NO12. The number of ketones is 2. The molecule has 0 aromatic rings. The third-order valence-corrected chi connectivity index (χ3v) is 13.4. The van der Waals surface area contributed by atoms with E-state index in [1.165, 1.54) is 19.1 Å². The SMILES string of the molecule is CC#CCOC1CCC(C=C(C)C2OC(=O)C3CCCCN3C(=O)C(=O)C3(O)OC(C(OC)CC(C)C/C(C)=C/C(CC)C(=O)CC(O)C2C)C(OC)CC3C)CC1OC. The van der Waals surface area contributed by atoms with E-state index < -0.39 is 77.8 Å². The highest BCUT2D eigenvalue weighted by atomic mass is 16.7. The van der Waals surface area contributed by atoms with Crippen molar-refractivity contribution < 1.29 is 57.8 Å². The van der Waals surface area contributed by atoms with Gasteiger partial charge in [-0.1, -0.05) is 51.3 Å². The van der Waals surface area contributed by atoms with E-state index >= 15 is 0 Å². The van der Waals surface area contributed by atoms with Gasteiger partial charge in [0.05, 0.1) is 30.5 Å². The smallest absolute Gasteiger partial charge is 0.329 e. The van der Waals surface area contributed by atoms with Crippen molar-refractivity contribution in [1.29, 1.82) is 0 Å². The Balaban J connectivity index is 1.74. The number of aliphatic hydroxyl groups excluding tert-OH is 1. The fraction of sp³-hybridized carbons (Fsp3) is 0.787. The van der Waals surface area contributed by atoms with E-state index in [1.807, 2.05) is 26.8 Å². The molecule has 3 aliphatic heterocycles. The van der Waals surface area contributed by atoms with Crippen molar-refractivity contribution in [2.75, 3.05) is 34.5 Å². The maximum atomic E-state index is 14.4. The number of ether oxygens (including phenoxy) is 6. The summed E-state index contributed by atoms with van der Waals surface area (Å²) in [6, 6.07) is -1.13. The lowest BCUT2D eigenvalue weighted by Crippen LogP contribution is -2.64. The molecule has 1 amide bonds. The normalized spacial score (nSPS) is 39.3. The second-order valence-electron chi connectivity index (χ2n) is 17.9. The summed E-state index contributed by atoms with van der Waals surface area (Å²) in [5.74, 6) is -1.61. The molecule has 3 heterocycles. The van der Waals surface area contributed by atoms with Gasteiger partial charge in [0.15, 0.2) is 0 Å². The standard InChI is InChI=1S/C47H73NO12/c1-11-13-20-58-38-18-17-33(26-39(38)55-8)24-30(5)42-32(7)36(49)27-37(50)34(12-2)22-28(3)21-29(4)23-40(56-9)43-41(57-10)25-31(6)47(54,60-43)44(51)45(52)48-19-15-14-16-35(48)46(53)59-42/h22,24,29,31-36,38-43,49,54H,12,14-21,23,25-27H2,1-10H3/b28-22+,30-24?. The topological polar surface area (TPSA) is 167 Å². The average molecular weight is 844 g/mol. The average Bonchev–Trinajstić information content (AvgIpc) is 3.23. The Labute approximate surface area is 358 Å². The van der Waals surface area contributed by atoms with Crippen LogP contribution < -0.4 is 0 Å². The van der Waals surface area contributed by atoms with Gasteiger partial charge in [0, 0.05) is 52.0 Å². The molecule has 14 unspecified atom stereocenters. The summed E-state index contributed by atoms with van der Waals surface area (Å²) in [4.78, 5) is 58.1. The molecule has 13 heteroatoms. The second-order valence-corrected chi connectivity index (χ2v) is 17.9. The first-order valence-electron chi connectivity index (χ1n) is 22.1. The summed E-state index contributed by atoms with van der Waals surface area (Å²) in [5, 5.41) is 23.8. The molecule has 0 radical (unpaired) electrons. The maximum absolute atomic E-state index is 14.4. The molecular weight excluding hydrogens is 771 g/mol. The first-order chi connectivity index (χ1) is 28.5. The number of esters is 1. The van der Waals surface area contributed by atoms with Gasteiger partial charge >= 0.3 is 5.97 Å². The summed E-state index contributed by atoms with van der Waals surface area (Å²) in [6.07, 6.45) is 4.89. The van der Waals surface area contributed by atoms with Crippen LogP contribution in [0.25, 0.3) is 0 Å². The van der Waals surface area contributed by atoms with Gasteiger partial charge in [0.1, 0.15) is 30.6 Å². The molecule has 0 aromatic carbocycles. The number of carbonyl (C=O) groups is 4. The molecule has 0 aromatic heterocycles. The molecule has 14 atom stereocenters. The van der Waals surface area contributed by atoms with Crippen LogP contribution in [-0.2, 0) is 47.6 Å². The number of aliphatic hydroxyl groups is 2. The number of hydrogen-bond donors (Lipinski definition) is 2. The van der Waals surface area contributed by atoms with Crippen molar-refractivity contribution in [3.05, 3.63) is 23.3 Å². The zero-order valence-corrected chi connectivity index (χ0v) is 37.8. The molecule has 2 saturated heterocycles. The van der Waals surface area contributed by atoms with Crippen LogP contribution >= 0.6 is 0 Å². The highest BCUT2D eigenvalue weighted by molar-refractivity contribution is 6.39. The van der Waals surface area contributed by atoms with Crippen molar-refractivity contribution in [2.24, 2.45) is 29.6 Å². The number of rotatable bonds is 8. The quantitative estimate of drug-likeness (QED) is 0.136. The second kappa shape index (κ2) is 22.9. The zero-order chi connectivity index (χ0) is 44.3. The Kier molecular flexibility index (Phi) is 19.0. The minimum absolute atomic E-state index is 0.0364. The van der Waals surface area contributed by atoms with E-state index in [4.69, 9.17) is 28.4 Å². The zero-order valence-electron chi connectivity index (χ0n) is 37.8. The fourth-order valence-electron chi connectivity index (χ4n) is 9.79. The summed E-state index contributed by atoms with van der Waals surface area (Å²) in [6.45, 7) is 13.4. The molecule has 1 aliphatic carbocycles. The van der Waals surface area contributed by atoms with E-state index in [1.54, 1.807) is 27.9 Å². The van der Waals surface area contributed by atoms with Crippen LogP contribution in [0.15, 0.2) is 23.3 Å². The summed E-state index contributed by atoms with van der Waals surface area (Å²) in [5.41, 5.74) is 1.70. The van der Waals surface area contributed by atoms with Crippen molar-refractivity contribution in [1.82, 2.24) is 4.90 Å². The Morgan fingerprint density at radius 3 is 2.28 bits per heavy atom. The lowest BCUT2D eigenvalue weighted by atomic mass is 9.81. The van der Waals surface area contributed by atoms with Crippen LogP contribution in [-0.4, -0.2) is 128 Å². The molecule has 60 heavy (non-hydrogen) atoms. The van der Waals surface area contributed by atoms with Gasteiger partial charge in [-0.2, -0.15) is 0 Å². The van der Waals surface area contributed by atoms with Crippen molar-refractivity contribution in [2.45, 2.75) is 174 Å². The monoisotopic (exact) mass is 844 g/mol. The number of Topliss-reactive ketones (excluding diaryl/α,β-unsaturated/α-hetero) is 2. The number of nitrogens with zero attached hydrogens (tertiary/aromatic N) is 1. The molecule has 13 nitrogen and oxygen atoms in total. The molecule has 3 fully saturated rings. The van der Waals surface area contributed by atoms with Gasteiger partial charge in [0.25, 0.3) is 11.7 Å². The minimum atomic E-state index is -2.50. The van der Waals surface area contributed by atoms with Crippen LogP contribution in [0.4, 0.5) is 0 Å². The number of amides is 1. The number of methoxy groups -OCH3 is 3. The fourth-order valence-corrected chi connectivity index (χ4v) is 9.79. The Bertz CT molecular complexity index is 1600. The first kappa shape index (κ1) is 49.7. The molecule has 2 N–H and O–H groups in total. The van der Waals surface area contributed by atoms with Gasteiger partial charge in [-0.25, -0.2) is 4.79 Å². The molecule has 338 valence electrons. The van der Waals surface area contributed by atoms with Gasteiger partial charge < -0.3 is 43.5 Å². The van der Waals surface area contributed by atoms with E-state index in [-0.39, 0.29) is 55.6 Å². The predicted molar refractivity (Wildman–Crippen MR) is 225 cm³/mol. The van der Waals surface area contributed by atoms with Crippen LogP contribution in [0.1, 0.15) is 119 Å². The van der Waals surface area contributed by atoms with Crippen LogP contribution in [0, 0.1) is 41.4 Å². The lowest BCUT2D eigenvalue weighted by molar-refractivity contribution is -0.302. The predicted octanol–water partition coefficient (Wildman–Crippen LogP) is 5.52. The number of piperidine rings is 1. The van der Waals surface area contributed by atoms with E-state index in [2.05, 4.69) is 24.8 Å². The van der Waals surface area contributed by atoms with Gasteiger partial charge in [-0.05, 0) is 102 Å². The van der Waals surface area contributed by atoms with Crippen LogP contribution in [0.2, 0.25) is 0 Å². The van der Waals surface area contributed by atoms with Gasteiger partial charge in [-0.3, -0.25) is 14.4 Å². The highest BCUT2D eigenvalue weighted by Crippen LogP contribution is 2.39. The Morgan fingerprint density at radius 2 is 1.63 bits per heavy atom. The largest absolute Gasteiger partial charge is 0.456 e. The summed E-state index contributed by atoms with van der Waals surface area (Å²) >= 11 is 0. The minimum Gasteiger partial charge on any atom is -0.456 e. The molecule has 2 bridgehead atoms. The molecule has 4 rings (SSSR count). The Morgan fingerprint density at radius 1 is 0.950 bits per heavy atom.